The van der Waals surface area contributed by atoms with Crippen molar-refractivity contribution >= 4 is 10.8 Å². The largest absolute Gasteiger partial charge is 0.208 e. The van der Waals surface area contributed by atoms with Gasteiger partial charge in [-0.2, -0.15) is 5.26 Å². The number of benzene rings is 8. The van der Waals surface area contributed by atoms with Crippen LogP contribution in [0.15, 0.2) is 194 Å². The van der Waals surface area contributed by atoms with Crippen LogP contribution in [0.3, 0.4) is 0 Å². The summed E-state index contributed by atoms with van der Waals surface area (Å²) in [4.78, 5) is 15.0. The van der Waals surface area contributed by atoms with Crippen LogP contribution in [0.4, 0.5) is 0 Å². The number of fused-ring (bicyclic) bond motifs is 1. The lowest BCUT2D eigenvalue weighted by atomic mass is 9.41. The molecule has 1 heterocycles. The van der Waals surface area contributed by atoms with Gasteiger partial charge in [-0.25, -0.2) is 15.0 Å². The van der Waals surface area contributed by atoms with Gasteiger partial charge in [0, 0.05) is 16.7 Å². The third-order valence-electron chi connectivity index (χ3n) is 14.8. The first-order valence-corrected chi connectivity index (χ1v) is 22.7. The van der Waals surface area contributed by atoms with Crippen molar-refractivity contribution in [3.05, 3.63) is 211 Å². The first-order chi connectivity index (χ1) is 31.5. The highest BCUT2D eigenvalue weighted by Crippen LogP contribution is 2.66. The molecule has 13 rings (SSSR count). The van der Waals surface area contributed by atoms with Gasteiger partial charge in [-0.1, -0.05) is 176 Å². The van der Waals surface area contributed by atoms with Gasteiger partial charge < -0.3 is 0 Å². The summed E-state index contributed by atoms with van der Waals surface area (Å²) in [6.45, 7) is 0. The van der Waals surface area contributed by atoms with Crippen LogP contribution < -0.4 is 0 Å². The number of nitrogens with zero attached hydrogens (tertiary/aromatic N) is 4. The van der Waals surface area contributed by atoms with Gasteiger partial charge in [0.1, 0.15) is 0 Å². The zero-order chi connectivity index (χ0) is 42.7. The molecule has 64 heavy (non-hydrogen) atoms. The van der Waals surface area contributed by atoms with E-state index in [4.69, 9.17) is 15.0 Å². The second-order valence-electron chi connectivity index (χ2n) is 18.7. The summed E-state index contributed by atoms with van der Waals surface area (Å²) in [5, 5.41) is 11.5. The molecule has 4 saturated carbocycles. The highest BCUT2D eigenvalue weighted by Gasteiger charge is 2.58. The summed E-state index contributed by atoms with van der Waals surface area (Å²) < 4.78 is 0. The SMILES string of the molecule is N#Cc1ccc(-c2ccc(-c3ccc(C45CC6CC(C4)CC(c4ccc(-c7ccc8c(-c9nc(-c%10ccccc%10)nc(-c%10ccccc%10)n9)cccc8c7)cc4)(C6)C5)cc3)cc2)cc1. The molecule has 0 amide bonds. The Labute approximate surface area is 375 Å². The molecule has 4 aliphatic carbocycles. The van der Waals surface area contributed by atoms with Crippen LogP contribution in [0, 0.1) is 23.2 Å². The molecule has 4 fully saturated rings. The van der Waals surface area contributed by atoms with E-state index in [1.54, 1.807) is 0 Å². The predicted octanol–water partition coefficient (Wildman–Crippen LogP) is 14.7. The van der Waals surface area contributed by atoms with Crippen LogP contribution >= 0.6 is 0 Å². The Bertz CT molecular complexity index is 3130. The fraction of sp³-hybridized carbons (Fsp3) is 0.167. The molecule has 4 aliphatic rings. The molecule has 0 radical (unpaired) electrons. The van der Waals surface area contributed by atoms with Crippen molar-refractivity contribution < 1.29 is 0 Å². The van der Waals surface area contributed by atoms with Crippen LogP contribution in [0.2, 0.25) is 0 Å². The number of hydrogen-bond acceptors (Lipinski definition) is 4. The number of nitriles is 1. The summed E-state index contributed by atoms with van der Waals surface area (Å²) in [5.41, 5.74) is 14.4. The minimum atomic E-state index is 0.225. The van der Waals surface area contributed by atoms with Crippen molar-refractivity contribution in [2.24, 2.45) is 11.8 Å². The van der Waals surface area contributed by atoms with Crippen molar-refractivity contribution in [3.8, 4) is 73.6 Å². The summed E-state index contributed by atoms with van der Waals surface area (Å²) in [5.74, 6) is 3.57. The molecule has 8 aromatic carbocycles. The minimum Gasteiger partial charge on any atom is -0.208 e. The average molecular weight is 823 g/mol. The van der Waals surface area contributed by atoms with Crippen molar-refractivity contribution in [3.63, 3.8) is 0 Å². The fourth-order valence-electron chi connectivity index (χ4n) is 12.2. The third-order valence-corrected chi connectivity index (χ3v) is 14.8. The van der Waals surface area contributed by atoms with Crippen molar-refractivity contribution in [2.75, 3.05) is 0 Å². The Morgan fingerprint density at radius 3 is 1.34 bits per heavy atom. The standard InChI is InChI=1S/C60H46N4/c61-38-40-14-16-43(17-15-40)44-18-20-45(21-19-44)46-22-27-52(28-23-46)59-34-41-32-42(35-59)37-60(36-41,39-59)53-29-24-47(25-30-53)50-26-31-54-51(33-50)12-7-13-55(54)58-63-56(48-8-3-1-4-9-48)62-57(64-58)49-10-5-2-6-11-49/h1-31,33,41-42H,32,34-37,39H2. The van der Waals surface area contributed by atoms with Gasteiger partial charge in [0.05, 0.1) is 11.6 Å². The van der Waals surface area contributed by atoms with Crippen molar-refractivity contribution in [2.45, 2.75) is 49.4 Å². The molecule has 0 spiro atoms. The summed E-state index contributed by atoms with van der Waals surface area (Å²) in [6, 6.07) is 71.7. The van der Waals surface area contributed by atoms with Crippen LogP contribution in [-0.2, 0) is 10.8 Å². The lowest BCUT2D eigenvalue weighted by Gasteiger charge is -2.63. The van der Waals surface area contributed by atoms with Gasteiger partial charge >= 0.3 is 0 Å². The smallest absolute Gasteiger partial charge is 0.164 e. The van der Waals surface area contributed by atoms with Crippen molar-refractivity contribution in [1.29, 1.82) is 5.26 Å². The van der Waals surface area contributed by atoms with E-state index in [1.165, 1.54) is 71.9 Å². The molecule has 9 aromatic rings. The summed E-state index contributed by atoms with van der Waals surface area (Å²) >= 11 is 0. The van der Waals surface area contributed by atoms with Crippen LogP contribution in [0.5, 0.6) is 0 Å². The van der Waals surface area contributed by atoms with Crippen LogP contribution in [0.25, 0.3) is 78.3 Å². The molecule has 0 saturated heterocycles. The second kappa shape index (κ2) is 15.4. The van der Waals surface area contributed by atoms with E-state index in [-0.39, 0.29) is 10.8 Å². The fourth-order valence-corrected chi connectivity index (χ4v) is 12.2. The van der Waals surface area contributed by atoms with E-state index in [0.29, 0.717) is 23.0 Å². The molecule has 2 atom stereocenters. The molecule has 0 N–H and O–H groups in total. The quantitative estimate of drug-likeness (QED) is 0.153. The van der Waals surface area contributed by atoms with E-state index in [0.717, 1.165) is 50.4 Å². The Kier molecular flexibility index (Phi) is 9.20. The second-order valence-corrected chi connectivity index (χ2v) is 18.7. The summed E-state index contributed by atoms with van der Waals surface area (Å²) in [7, 11) is 0. The van der Waals surface area contributed by atoms with Gasteiger partial charge in [-0.05, 0) is 135 Å². The Hall–Kier alpha value is -7.48. The zero-order valence-corrected chi connectivity index (χ0v) is 35.7. The molecule has 4 heteroatoms. The van der Waals surface area contributed by atoms with Gasteiger partial charge in [0.25, 0.3) is 0 Å². The molecule has 4 nitrogen and oxygen atoms in total. The van der Waals surface area contributed by atoms with E-state index in [2.05, 4.69) is 140 Å². The molecular formula is C60H46N4. The molecule has 306 valence electrons. The first kappa shape index (κ1) is 38.2. The predicted molar refractivity (Wildman–Crippen MR) is 259 cm³/mol. The number of aromatic nitrogens is 3. The molecular weight excluding hydrogens is 777 g/mol. The van der Waals surface area contributed by atoms with Gasteiger partial charge in [0.15, 0.2) is 17.5 Å². The maximum absolute atomic E-state index is 9.19. The zero-order valence-electron chi connectivity index (χ0n) is 35.7. The normalized spacial score (nSPS) is 20.9. The molecule has 2 unspecified atom stereocenters. The summed E-state index contributed by atoms with van der Waals surface area (Å²) in [6.07, 6.45) is 7.86. The highest BCUT2D eigenvalue weighted by atomic mass is 15.0. The Morgan fingerprint density at radius 2 is 0.844 bits per heavy atom. The van der Waals surface area contributed by atoms with E-state index >= 15 is 0 Å². The van der Waals surface area contributed by atoms with Gasteiger partial charge in [-0.15, -0.1) is 0 Å². The van der Waals surface area contributed by atoms with Crippen molar-refractivity contribution in [1.82, 2.24) is 15.0 Å². The lowest BCUT2D eigenvalue weighted by molar-refractivity contribution is -0.0281. The average Bonchev–Trinajstić information content (AvgIpc) is 3.36. The van der Waals surface area contributed by atoms with E-state index in [9.17, 15) is 5.26 Å². The third kappa shape index (κ3) is 6.80. The highest BCUT2D eigenvalue weighted by molar-refractivity contribution is 5.97. The minimum absolute atomic E-state index is 0.225. The van der Waals surface area contributed by atoms with Crippen LogP contribution in [-0.4, -0.2) is 15.0 Å². The topological polar surface area (TPSA) is 62.5 Å². The number of rotatable bonds is 8. The van der Waals surface area contributed by atoms with Gasteiger partial charge in [-0.3, -0.25) is 0 Å². The maximum atomic E-state index is 9.19. The molecule has 0 aliphatic heterocycles. The van der Waals surface area contributed by atoms with E-state index < -0.39 is 0 Å². The van der Waals surface area contributed by atoms with Crippen LogP contribution in [0.1, 0.15) is 55.2 Å². The monoisotopic (exact) mass is 822 g/mol. The van der Waals surface area contributed by atoms with E-state index in [1.807, 2.05) is 60.7 Å². The molecule has 4 bridgehead atoms. The van der Waals surface area contributed by atoms with Gasteiger partial charge in [0.2, 0.25) is 0 Å². The first-order valence-electron chi connectivity index (χ1n) is 22.7. The lowest BCUT2D eigenvalue weighted by Crippen LogP contribution is -2.55. The molecule has 1 aromatic heterocycles. The number of hydrogen-bond donors (Lipinski definition) is 0. The Balaban J connectivity index is 0.810. The Morgan fingerprint density at radius 1 is 0.406 bits per heavy atom. The maximum Gasteiger partial charge on any atom is 0.164 e.